The van der Waals surface area contributed by atoms with Crippen molar-refractivity contribution in [2.45, 2.75) is 0 Å². The van der Waals surface area contributed by atoms with Crippen molar-refractivity contribution in [3.8, 4) is 5.75 Å². The number of benzene rings is 2. The molecule has 0 fully saturated rings. The van der Waals surface area contributed by atoms with Crippen LogP contribution in [-0.4, -0.2) is 6.09 Å². The highest BCUT2D eigenvalue weighted by Gasteiger charge is 2.04. The Hall–Kier alpha value is -2.36. The van der Waals surface area contributed by atoms with Gasteiger partial charge < -0.3 is 4.74 Å². The summed E-state index contributed by atoms with van der Waals surface area (Å²) in [7, 11) is 0. The fraction of sp³-hybridized carbons (Fsp3) is 0. The molecule has 0 aromatic heterocycles. The zero-order valence-electron chi connectivity index (χ0n) is 8.89. The largest absolute Gasteiger partial charge is 0.417 e. The molecule has 0 radical (unpaired) electrons. The zero-order valence-corrected chi connectivity index (χ0v) is 8.89. The summed E-state index contributed by atoms with van der Waals surface area (Å²) in [6.07, 6.45) is -0.651. The van der Waals surface area contributed by atoms with E-state index in [-0.39, 0.29) is 5.75 Å². The summed E-state index contributed by atoms with van der Waals surface area (Å²) in [6, 6.07) is 14.3. The number of hydrogen-bond acceptors (Lipinski definition) is 2. The lowest BCUT2D eigenvalue weighted by Crippen LogP contribution is -2.16. The predicted octanol–water partition coefficient (Wildman–Crippen LogP) is 3.44. The van der Waals surface area contributed by atoms with E-state index < -0.39 is 11.9 Å². The predicted molar refractivity (Wildman–Crippen MR) is 62.5 cm³/mol. The van der Waals surface area contributed by atoms with Crippen molar-refractivity contribution in [3.05, 3.63) is 60.4 Å². The van der Waals surface area contributed by atoms with E-state index in [0.717, 1.165) is 6.07 Å². The van der Waals surface area contributed by atoms with Crippen LogP contribution in [0.4, 0.5) is 14.9 Å². The van der Waals surface area contributed by atoms with Crippen LogP contribution in [0, 0.1) is 5.82 Å². The number of hydrogen-bond donors (Lipinski definition) is 1. The lowest BCUT2D eigenvalue weighted by atomic mass is 10.3. The SMILES string of the molecule is O=C(Nc1ccccc1)Oc1cccc(F)c1. The van der Waals surface area contributed by atoms with Crippen LogP contribution in [0.25, 0.3) is 0 Å². The topological polar surface area (TPSA) is 38.3 Å². The van der Waals surface area contributed by atoms with Crippen LogP contribution in [0.2, 0.25) is 0 Å². The number of anilines is 1. The Bertz CT molecular complexity index is 514. The maximum absolute atomic E-state index is 12.8. The molecule has 3 nitrogen and oxygen atoms in total. The molecular weight excluding hydrogens is 221 g/mol. The Morgan fingerprint density at radius 3 is 2.53 bits per heavy atom. The van der Waals surface area contributed by atoms with Crippen molar-refractivity contribution >= 4 is 11.8 Å². The van der Waals surface area contributed by atoms with Crippen LogP contribution in [0.3, 0.4) is 0 Å². The summed E-state index contributed by atoms with van der Waals surface area (Å²) >= 11 is 0. The average molecular weight is 231 g/mol. The van der Waals surface area contributed by atoms with Crippen LogP contribution in [-0.2, 0) is 0 Å². The zero-order chi connectivity index (χ0) is 12.1. The second-order valence-electron chi connectivity index (χ2n) is 3.34. The molecule has 0 aliphatic rings. The van der Waals surface area contributed by atoms with Crippen molar-refractivity contribution in [2.24, 2.45) is 0 Å². The lowest BCUT2D eigenvalue weighted by Gasteiger charge is -2.06. The first-order valence-corrected chi connectivity index (χ1v) is 5.03. The molecule has 1 N–H and O–H groups in total. The van der Waals surface area contributed by atoms with Gasteiger partial charge in [-0.05, 0) is 24.3 Å². The van der Waals surface area contributed by atoms with E-state index in [1.807, 2.05) is 6.07 Å². The van der Waals surface area contributed by atoms with Gasteiger partial charge in [0.05, 0.1) is 0 Å². The normalized spacial score (nSPS) is 9.71. The molecule has 2 rings (SSSR count). The molecule has 17 heavy (non-hydrogen) atoms. The Labute approximate surface area is 97.8 Å². The van der Waals surface area contributed by atoms with Crippen LogP contribution in [0.15, 0.2) is 54.6 Å². The molecular formula is C13H10FNO2. The van der Waals surface area contributed by atoms with E-state index in [2.05, 4.69) is 5.32 Å². The Morgan fingerprint density at radius 2 is 1.82 bits per heavy atom. The van der Waals surface area contributed by atoms with Crippen LogP contribution >= 0.6 is 0 Å². The van der Waals surface area contributed by atoms with Crippen LogP contribution in [0.1, 0.15) is 0 Å². The second kappa shape index (κ2) is 5.12. The van der Waals surface area contributed by atoms with Gasteiger partial charge in [0.25, 0.3) is 0 Å². The van der Waals surface area contributed by atoms with E-state index in [9.17, 15) is 9.18 Å². The van der Waals surface area contributed by atoms with Gasteiger partial charge in [-0.3, -0.25) is 5.32 Å². The number of amides is 1. The van der Waals surface area contributed by atoms with E-state index in [0.29, 0.717) is 5.69 Å². The summed E-state index contributed by atoms with van der Waals surface area (Å²) < 4.78 is 17.7. The third-order valence-electron chi connectivity index (χ3n) is 2.03. The summed E-state index contributed by atoms with van der Waals surface area (Å²) in [5.74, 6) is -0.284. The van der Waals surface area contributed by atoms with Crippen LogP contribution < -0.4 is 10.1 Å². The second-order valence-corrected chi connectivity index (χ2v) is 3.34. The van der Waals surface area contributed by atoms with Crippen molar-refractivity contribution in [2.75, 3.05) is 5.32 Å². The first-order valence-electron chi connectivity index (χ1n) is 5.03. The summed E-state index contributed by atoms with van der Waals surface area (Å²) in [4.78, 5) is 11.4. The molecule has 0 atom stereocenters. The minimum atomic E-state index is -0.651. The molecule has 0 spiro atoms. The van der Waals surface area contributed by atoms with E-state index >= 15 is 0 Å². The van der Waals surface area contributed by atoms with Gasteiger partial charge in [0.15, 0.2) is 0 Å². The molecule has 1 amide bonds. The maximum Gasteiger partial charge on any atom is 0.417 e. The van der Waals surface area contributed by atoms with Gasteiger partial charge in [0, 0.05) is 11.8 Å². The number of para-hydroxylation sites is 1. The van der Waals surface area contributed by atoms with Gasteiger partial charge in [-0.1, -0.05) is 24.3 Å². The quantitative estimate of drug-likeness (QED) is 0.859. The summed E-state index contributed by atoms with van der Waals surface area (Å²) in [5, 5.41) is 2.53. The third-order valence-corrected chi connectivity index (χ3v) is 2.03. The number of carbonyl (C=O) groups excluding carboxylic acids is 1. The molecule has 2 aromatic carbocycles. The molecule has 0 bridgehead atoms. The first-order chi connectivity index (χ1) is 8.24. The van der Waals surface area contributed by atoms with Gasteiger partial charge in [-0.2, -0.15) is 0 Å². The van der Waals surface area contributed by atoms with Crippen molar-refractivity contribution in [3.63, 3.8) is 0 Å². The highest BCUT2D eigenvalue weighted by molar-refractivity contribution is 5.86. The van der Waals surface area contributed by atoms with Gasteiger partial charge >= 0.3 is 6.09 Å². The van der Waals surface area contributed by atoms with Gasteiger partial charge in [-0.15, -0.1) is 0 Å². The lowest BCUT2D eigenvalue weighted by molar-refractivity contribution is 0.215. The van der Waals surface area contributed by atoms with Gasteiger partial charge in [0.1, 0.15) is 11.6 Å². The molecule has 0 saturated carbocycles. The Kier molecular flexibility index (Phi) is 3.35. The minimum absolute atomic E-state index is 0.165. The highest BCUT2D eigenvalue weighted by Crippen LogP contribution is 2.13. The number of rotatable bonds is 2. The Morgan fingerprint density at radius 1 is 1.06 bits per heavy atom. The molecule has 4 heteroatoms. The number of halogens is 1. The maximum atomic E-state index is 12.8. The van der Waals surface area contributed by atoms with Gasteiger partial charge in [0.2, 0.25) is 0 Å². The van der Waals surface area contributed by atoms with E-state index in [4.69, 9.17) is 4.74 Å². The third kappa shape index (κ3) is 3.31. The highest BCUT2D eigenvalue weighted by atomic mass is 19.1. The van der Waals surface area contributed by atoms with Crippen molar-refractivity contribution < 1.29 is 13.9 Å². The fourth-order valence-electron chi connectivity index (χ4n) is 1.30. The molecule has 0 heterocycles. The van der Waals surface area contributed by atoms with E-state index in [1.165, 1.54) is 18.2 Å². The first kappa shape index (κ1) is 11.1. The molecule has 0 saturated heterocycles. The summed E-state index contributed by atoms with van der Waals surface area (Å²) in [5.41, 5.74) is 0.619. The van der Waals surface area contributed by atoms with Crippen molar-refractivity contribution in [1.29, 1.82) is 0 Å². The van der Waals surface area contributed by atoms with Crippen LogP contribution in [0.5, 0.6) is 5.75 Å². The number of nitrogens with one attached hydrogen (secondary N) is 1. The van der Waals surface area contributed by atoms with E-state index in [1.54, 1.807) is 24.3 Å². The molecule has 2 aromatic rings. The smallest absolute Gasteiger partial charge is 0.410 e. The van der Waals surface area contributed by atoms with Gasteiger partial charge in [-0.25, -0.2) is 9.18 Å². The average Bonchev–Trinajstić information content (AvgIpc) is 2.30. The molecule has 0 unspecified atom stereocenters. The molecule has 0 aliphatic carbocycles. The summed E-state index contributed by atoms with van der Waals surface area (Å²) in [6.45, 7) is 0. The van der Waals surface area contributed by atoms with Crippen molar-refractivity contribution in [1.82, 2.24) is 0 Å². The monoisotopic (exact) mass is 231 g/mol. The molecule has 86 valence electrons. The minimum Gasteiger partial charge on any atom is -0.410 e. The number of ether oxygens (including phenoxy) is 1. The standard InChI is InChI=1S/C13H10FNO2/c14-10-5-4-8-12(9-10)17-13(16)15-11-6-2-1-3-7-11/h1-9H,(H,15,16). The number of carbonyl (C=O) groups is 1. The Balaban J connectivity index is 1.98. The fourth-order valence-corrected chi connectivity index (χ4v) is 1.30. The molecule has 0 aliphatic heterocycles.